The van der Waals surface area contributed by atoms with Crippen LogP contribution in [0, 0.1) is 0 Å². The van der Waals surface area contributed by atoms with Gasteiger partial charge < -0.3 is 15.4 Å². The van der Waals surface area contributed by atoms with Crippen LogP contribution in [-0.2, 0) is 4.79 Å². The van der Waals surface area contributed by atoms with Gasteiger partial charge in [0.25, 0.3) is 0 Å². The number of carbonyl (C=O) groups is 1. The molecular formula is C13H18N2O2. The van der Waals surface area contributed by atoms with Crippen molar-refractivity contribution in [3.05, 3.63) is 24.3 Å². The summed E-state index contributed by atoms with van der Waals surface area (Å²) in [6.07, 6.45) is 3.16. The molecule has 17 heavy (non-hydrogen) atoms. The van der Waals surface area contributed by atoms with Crippen molar-refractivity contribution >= 4 is 11.6 Å². The molecule has 1 heterocycles. The lowest BCUT2D eigenvalue weighted by Gasteiger charge is -2.22. The molecule has 4 nitrogen and oxygen atoms in total. The minimum absolute atomic E-state index is 0.0224. The Bertz CT molecular complexity index is 387. The van der Waals surface area contributed by atoms with Gasteiger partial charge in [0.1, 0.15) is 5.75 Å². The van der Waals surface area contributed by atoms with E-state index in [2.05, 4.69) is 10.6 Å². The van der Waals surface area contributed by atoms with Crippen molar-refractivity contribution in [2.45, 2.75) is 25.3 Å². The smallest absolute Gasteiger partial charge is 0.241 e. The Labute approximate surface area is 101 Å². The van der Waals surface area contributed by atoms with Crippen LogP contribution in [0.4, 0.5) is 5.69 Å². The van der Waals surface area contributed by atoms with Gasteiger partial charge in [-0.15, -0.1) is 0 Å². The van der Waals surface area contributed by atoms with Gasteiger partial charge in [-0.3, -0.25) is 4.79 Å². The largest absolute Gasteiger partial charge is 0.495 e. The van der Waals surface area contributed by atoms with E-state index >= 15 is 0 Å². The van der Waals surface area contributed by atoms with E-state index in [0.29, 0.717) is 5.75 Å². The van der Waals surface area contributed by atoms with Gasteiger partial charge in [-0.25, -0.2) is 0 Å². The third kappa shape index (κ3) is 2.97. The highest BCUT2D eigenvalue weighted by Gasteiger charge is 2.21. The highest BCUT2D eigenvalue weighted by atomic mass is 16.5. The van der Waals surface area contributed by atoms with Crippen LogP contribution in [0.15, 0.2) is 24.3 Å². The minimum Gasteiger partial charge on any atom is -0.495 e. The van der Waals surface area contributed by atoms with Crippen LogP contribution in [-0.4, -0.2) is 25.6 Å². The third-order valence-corrected chi connectivity index (χ3v) is 2.99. The topological polar surface area (TPSA) is 50.4 Å². The van der Waals surface area contributed by atoms with Crippen molar-refractivity contribution < 1.29 is 9.53 Å². The van der Waals surface area contributed by atoms with Crippen molar-refractivity contribution in [1.82, 2.24) is 5.32 Å². The van der Waals surface area contributed by atoms with Crippen LogP contribution < -0.4 is 15.4 Å². The molecule has 1 aliphatic heterocycles. The number of hydrogen-bond donors (Lipinski definition) is 2. The predicted molar refractivity (Wildman–Crippen MR) is 67.3 cm³/mol. The van der Waals surface area contributed by atoms with Crippen LogP contribution >= 0.6 is 0 Å². The van der Waals surface area contributed by atoms with E-state index < -0.39 is 0 Å². The molecule has 1 unspecified atom stereocenters. The fraction of sp³-hybridized carbons (Fsp3) is 0.462. The molecule has 0 saturated carbocycles. The van der Waals surface area contributed by atoms with Gasteiger partial charge in [-0.2, -0.15) is 0 Å². The number of piperidine rings is 1. The van der Waals surface area contributed by atoms with Crippen LogP contribution in [0.2, 0.25) is 0 Å². The average Bonchev–Trinajstić information content (AvgIpc) is 2.40. The summed E-state index contributed by atoms with van der Waals surface area (Å²) in [7, 11) is 1.60. The fourth-order valence-corrected chi connectivity index (χ4v) is 2.04. The fourth-order valence-electron chi connectivity index (χ4n) is 2.04. The summed E-state index contributed by atoms with van der Waals surface area (Å²) in [4.78, 5) is 12.0. The lowest BCUT2D eigenvalue weighted by atomic mass is 10.0. The summed E-state index contributed by atoms with van der Waals surface area (Å²) in [6.45, 7) is 0.921. The SMILES string of the molecule is COc1ccccc1NC(=O)C1CCCCN1. The van der Waals surface area contributed by atoms with Crippen molar-refractivity contribution in [1.29, 1.82) is 0 Å². The van der Waals surface area contributed by atoms with Crippen molar-refractivity contribution in [2.24, 2.45) is 0 Å². The molecule has 0 radical (unpaired) electrons. The number of methoxy groups -OCH3 is 1. The third-order valence-electron chi connectivity index (χ3n) is 2.99. The number of hydrogen-bond acceptors (Lipinski definition) is 3. The first-order chi connectivity index (χ1) is 8.31. The lowest BCUT2D eigenvalue weighted by Crippen LogP contribution is -2.43. The molecule has 1 fully saturated rings. The first-order valence-electron chi connectivity index (χ1n) is 5.98. The number of rotatable bonds is 3. The summed E-state index contributed by atoms with van der Waals surface area (Å²) in [6, 6.07) is 7.37. The molecule has 0 bridgehead atoms. The molecule has 1 aliphatic rings. The number of benzene rings is 1. The van der Waals surface area contributed by atoms with E-state index in [1.54, 1.807) is 7.11 Å². The van der Waals surface area contributed by atoms with Crippen LogP contribution in [0.1, 0.15) is 19.3 Å². The lowest BCUT2D eigenvalue weighted by molar-refractivity contribution is -0.118. The number of carbonyl (C=O) groups excluding carboxylic acids is 1. The Kier molecular flexibility index (Phi) is 3.98. The van der Waals surface area contributed by atoms with Gasteiger partial charge in [-0.1, -0.05) is 18.6 Å². The number of ether oxygens (including phenoxy) is 1. The Morgan fingerprint density at radius 2 is 2.24 bits per heavy atom. The molecule has 92 valence electrons. The maximum atomic E-state index is 12.0. The highest BCUT2D eigenvalue weighted by molar-refractivity contribution is 5.96. The number of amides is 1. The van der Waals surface area contributed by atoms with Crippen molar-refractivity contribution in [3.8, 4) is 5.75 Å². The van der Waals surface area contributed by atoms with E-state index in [0.717, 1.165) is 31.5 Å². The second kappa shape index (κ2) is 5.68. The van der Waals surface area contributed by atoms with E-state index in [1.807, 2.05) is 24.3 Å². The number of nitrogens with one attached hydrogen (secondary N) is 2. The van der Waals surface area contributed by atoms with E-state index in [4.69, 9.17) is 4.74 Å². The number of anilines is 1. The van der Waals surface area contributed by atoms with Gasteiger partial charge in [0.15, 0.2) is 0 Å². The van der Waals surface area contributed by atoms with E-state index in [-0.39, 0.29) is 11.9 Å². The van der Waals surface area contributed by atoms with E-state index in [9.17, 15) is 4.79 Å². The second-order valence-electron chi connectivity index (χ2n) is 4.19. The number of para-hydroxylation sites is 2. The highest BCUT2D eigenvalue weighted by Crippen LogP contribution is 2.23. The molecule has 1 atom stereocenters. The van der Waals surface area contributed by atoms with Crippen LogP contribution in [0.5, 0.6) is 5.75 Å². The van der Waals surface area contributed by atoms with Crippen molar-refractivity contribution in [2.75, 3.05) is 19.0 Å². The van der Waals surface area contributed by atoms with Crippen LogP contribution in [0.25, 0.3) is 0 Å². The molecule has 0 aromatic heterocycles. The molecule has 4 heteroatoms. The molecule has 1 amide bonds. The normalized spacial score (nSPS) is 19.7. The van der Waals surface area contributed by atoms with Gasteiger partial charge in [-0.05, 0) is 31.5 Å². The zero-order chi connectivity index (χ0) is 12.1. The Morgan fingerprint density at radius 3 is 2.94 bits per heavy atom. The van der Waals surface area contributed by atoms with E-state index in [1.165, 1.54) is 0 Å². The molecule has 2 rings (SSSR count). The molecule has 0 spiro atoms. The summed E-state index contributed by atoms with van der Waals surface area (Å²) in [5, 5.41) is 6.13. The van der Waals surface area contributed by atoms with Gasteiger partial charge in [0.05, 0.1) is 18.8 Å². The Morgan fingerprint density at radius 1 is 1.41 bits per heavy atom. The van der Waals surface area contributed by atoms with Gasteiger partial charge in [0, 0.05) is 0 Å². The summed E-state index contributed by atoms with van der Waals surface area (Å²) in [5.41, 5.74) is 0.729. The zero-order valence-corrected chi connectivity index (χ0v) is 10.0. The average molecular weight is 234 g/mol. The first-order valence-corrected chi connectivity index (χ1v) is 5.98. The Balaban J connectivity index is 2.01. The summed E-state index contributed by atoms with van der Waals surface area (Å²) >= 11 is 0. The minimum atomic E-state index is -0.0753. The molecule has 2 N–H and O–H groups in total. The molecule has 1 aromatic carbocycles. The maximum absolute atomic E-state index is 12.0. The van der Waals surface area contributed by atoms with Crippen LogP contribution in [0.3, 0.4) is 0 Å². The molecule has 1 aromatic rings. The molecule has 1 saturated heterocycles. The van der Waals surface area contributed by atoms with Gasteiger partial charge in [0.2, 0.25) is 5.91 Å². The monoisotopic (exact) mass is 234 g/mol. The maximum Gasteiger partial charge on any atom is 0.241 e. The predicted octanol–water partition coefficient (Wildman–Crippen LogP) is 1.78. The first kappa shape index (κ1) is 11.9. The molecular weight excluding hydrogens is 216 g/mol. The standard InChI is InChI=1S/C13H18N2O2/c1-17-12-8-3-2-6-10(12)15-13(16)11-7-4-5-9-14-11/h2-3,6,8,11,14H,4-5,7,9H2,1H3,(H,15,16). The quantitative estimate of drug-likeness (QED) is 0.838. The second-order valence-corrected chi connectivity index (χ2v) is 4.19. The molecule has 0 aliphatic carbocycles. The summed E-state index contributed by atoms with van der Waals surface area (Å²) < 4.78 is 5.20. The summed E-state index contributed by atoms with van der Waals surface area (Å²) in [5.74, 6) is 0.714. The Hall–Kier alpha value is -1.55. The van der Waals surface area contributed by atoms with Gasteiger partial charge >= 0.3 is 0 Å². The zero-order valence-electron chi connectivity index (χ0n) is 10.0. The van der Waals surface area contributed by atoms with Crippen molar-refractivity contribution in [3.63, 3.8) is 0 Å².